The number of rotatable bonds is 1. The van der Waals surface area contributed by atoms with Gasteiger partial charge in [-0.2, -0.15) is 5.26 Å². The Morgan fingerprint density at radius 3 is 2.25 bits per heavy atom. The number of hydrogen-bond acceptors (Lipinski definition) is 4. The van der Waals surface area contributed by atoms with Crippen LogP contribution in [0.4, 0.5) is 0 Å². The summed E-state index contributed by atoms with van der Waals surface area (Å²) in [7, 11) is 0. The Kier molecular flexibility index (Phi) is 5.35. The number of hydrogen-bond donors (Lipinski definition) is 0. The Bertz CT molecular complexity index is 1190. The van der Waals surface area contributed by atoms with Crippen LogP contribution >= 0.6 is 11.6 Å². The second-order valence-corrected chi connectivity index (χ2v) is 15.0. The molecule has 6 unspecified atom stereocenters. The highest BCUT2D eigenvalue weighted by molar-refractivity contribution is 6.64. The van der Waals surface area contributed by atoms with Gasteiger partial charge in [0.2, 0.25) is 5.24 Å². The molecule has 36 heavy (non-hydrogen) atoms. The Hall–Kier alpha value is -1.73. The second-order valence-electron chi connectivity index (χ2n) is 14.7. The summed E-state index contributed by atoms with van der Waals surface area (Å²) in [4.78, 5) is 40.4. The number of ketones is 2. The van der Waals surface area contributed by atoms with Gasteiger partial charge < -0.3 is 0 Å². The lowest BCUT2D eigenvalue weighted by molar-refractivity contribution is -0.173. The van der Waals surface area contributed by atoms with Gasteiger partial charge in [0.15, 0.2) is 11.6 Å². The molecule has 3 saturated carbocycles. The van der Waals surface area contributed by atoms with Crippen LogP contribution in [0.1, 0.15) is 93.4 Å². The Morgan fingerprint density at radius 2 is 1.64 bits per heavy atom. The summed E-state index contributed by atoms with van der Waals surface area (Å²) in [5.74, 6) is -0.261. The largest absolute Gasteiger partial charge is 0.295 e. The number of carbonyl (C=O) groups excluding carboxylic acids is 3. The first-order valence-electron chi connectivity index (χ1n) is 13.6. The zero-order chi connectivity index (χ0) is 26.7. The lowest BCUT2D eigenvalue weighted by Crippen LogP contribution is -2.65. The maximum absolute atomic E-state index is 14.3. The lowest BCUT2D eigenvalue weighted by Gasteiger charge is -2.68. The van der Waals surface area contributed by atoms with Crippen molar-refractivity contribution in [2.45, 2.75) is 93.4 Å². The zero-order valence-electron chi connectivity index (χ0n) is 22.9. The number of nitrogens with zero attached hydrogens (tertiary/aromatic N) is 1. The molecule has 5 aliphatic carbocycles. The molecule has 194 valence electrons. The lowest BCUT2D eigenvalue weighted by atomic mass is 9.34. The van der Waals surface area contributed by atoms with Crippen molar-refractivity contribution in [3.63, 3.8) is 0 Å². The predicted molar refractivity (Wildman–Crippen MR) is 140 cm³/mol. The van der Waals surface area contributed by atoms with Crippen LogP contribution < -0.4 is 0 Å². The van der Waals surface area contributed by atoms with Crippen LogP contribution in [0.2, 0.25) is 0 Å². The fraction of sp³-hybridized carbons (Fsp3) is 0.742. The van der Waals surface area contributed by atoms with E-state index in [0.717, 1.165) is 50.5 Å². The molecular weight excluding hydrogens is 470 g/mol. The van der Waals surface area contributed by atoms with E-state index >= 15 is 0 Å². The summed E-state index contributed by atoms with van der Waals surface area (Å²) < 4.78 is 0. The summed E-state index contributed by atoms with van der Waals surface area (Å²) in [6.07, 6.45) is 9.56. The highest BCUT2D eigenvalue weighted by atomic mass is 35.5. The molecule has 0 saturated heterocycles. The van der Waals surface area contributed by atoms with E-state index in [2.05, 4.69) is 40.7 Å². The number of fused-ring (bicyclic) bond motifs is 7. The van der Waals surface area contributed by atoms with Crippen LogP contribution in [0.3, 0.4) is 0 Å². The molecule has 0 N–H and O–H groups in total. The summed E-state index contributed by atoms with van der Waals surface area (Å²) in [5.41, 5.74) is -1.05. The maximum Gasteiger partial charge on any atom is 0.228 e. The van der Waals surface area contributed by atoms with Gasteiger partial charge in [0.1, 0.15) is 6.07 Å². The van der Waals surface area contributed by atoms with Gasteiger partial charge >= 0.3 is 0 Å². The molecule has 0 radical (unpaired) electrons. The fourth-order valence-electron chi connectivity index (χ4n) is 9.98. The molecule has 5 heteroatoms. The maximum atomic E-state index is 14.3. The van der Waals surface area contributed by atoms with Gasteiger partial charge in [-0.25, -0.2) is 0 Å². The number of nitriles is 1. The van der Waals surface area contributed by atoms with Crippen LogP contribution in [-0.4, -0.2) is 16.8 Å². The van der Waals surface area contributed by atoms with Crippen molar-refractivity contribution in [3.05, 3.63) is 23.3 Å². The van der Waals surface area contributed by atoms with Crippen molar-refractivity contribution in [2.24, 2.45) is 50.2 Å². The molecule has 0 aromatic rings. The second kappa shape index (κ2) is 7.43. The van der Waals surface area contributed by atoms with E-state index in [0.29, 0.717) is 0 Å². The molecule has 0 aromatic heterocycles. The summed E-state index contributed by atoms with van der Waals surface area (Å²) in [5, 5.41) is 9.58. The first-order valence-corrected chi connectivity index (χ1v) is 14.0. The molecular formula is C31H40ClNO3. The van der Waals surface area contributed by atoms with E-state index in [1.54, 1.807) is 0 Å². The van der Waals surface area contributed by atoms with E-state index in [4.69, 9.17) is 11.6 Å². The van der Waals surface area contributed by atoms with Crippen LogP contribution in [-0.2, 0) is 14.4 Å². The third-order valence-electron chi connectivity index (χ3n) is 12.3. The number of allylic oxidation sites excluding steroid dienone is 4. The number of Topliss-reactive ketones (excluding diaryl/α,β-unsaturated/α-hetero) is 1. The fourth-order valence-corrected chi connectivity index (χ4v) is 10.3. The molecule has 5 aliphatic rings. The normalized spacial score (nSPS) is 46.7. The average Bonchev–Trinajstić information content (AvgIpc) is 2.77. The Balaban J connectivity index is 1.71. The monoisotopic (exact) mass is 509 g/mol. The molecule has 0 aromatic carbocycles. The van der Waals surface area contributed by atoms with Gasteiger partial charge in [-0.1, -0.05) is 60.1 Å². The average molecular weight is 510 g/mol. The molecule has 5 rings (SSSR count). The van der Waals surface area contributed by atoms with Crippen molar-refractivity contribution in [2.75, 3.05) is 0 Å². The molecule has 0 heterocycles. The molecule has 3 fully saturated rings. The summed E-state index contributed by atoms with van der Waals surface area (Å²) in [6.45, 7) is 15.2. The molecule has 7 atom stereocenters. The first-order chi connectivity index (χ1) is 16.5. The summed E-state index contributed by atoms with van der Waals surface area (Å²) in [6, 6.07) is 2.16. The van der Waals surface area contributed by atoms with Gasteiger partial charge in [-0.05, 0) is 90.7 Å². The Labute approximate surface area is 220 Å². The van der Waals surface area contributed by atoms with E-state index in [1.165, 1.54) is 0 Å². The highest BCUT2D eigenvalue weighted by Crippen LogP contribution is 2.74. The zero-order valence-corrected chi connectivity index (χ0v) is 23.6. The minimum Gasteiger partial charge on any atom is -0.295 e. The van der Waals surface area contributed by atoms with Gasteiger partial charge in [-0.3, -0.25) is 14.4 Å². The standard InChI is InChI=1S/C31H40ClNO3/c1-26(2)10-12-31(25(32)36)13-11-30(7)23(19(31)16-26)20(34)14-22-28(5)15-18(17-33)24(35)27(3,4)21(28)8-9-29(22,30)6/h14-15,19,21,23H,8-13,16H2,1-7H3/t19?,21?,23?,28?,29?,30-,31?/m1/s1. The third kappa shape index (κ3) is 2.96. The van der Waals surface area contributed by atoms with Gasteiger partial charge in [0, 0.05) is 22.2 Å². The van der Waals surface area contributed by atoms with Crippen molar-refractivity contribution in [1.82, 2.24) is 0 Å². The van der Waals surface area contributed by atoms with Crippen molar-refractivity contribution < 1.29 is 14.4 Å². The highest BCUT2D eigenvalue weighted by Gasteiger charge is 2.70. The smallest absolute Gasteiger partial charge is 0.228 e. The summed E-state index contributed by atoms with van der Waals surface area (Å²) >= 11 is 6.36. The molecule has 0 spiro atoms. The first kappa shape index (κ1) is 25.9. The molecule has 4 nitrogen and oxygen atoms in total. The van der Waals surface area contributed by atoms with Crippen LogP contribution in [0, 0.1) is 61.6 Å². The van der Waals surface area contributed by atoms with E-state index in [9.17, 15) is 19.6 Å². The van der Waals surface area contributed by atoms with Crippen LogP contribution in [0.5, 0.6) is 0 Å². The van der Waals surface area contributed by atoms with Crippen molar-refractivity contribution >= 4 is 28.4 Å². The van der Waals surface area contributed by atoms with Gasteiger partial charge in [0.05, 0.1) is 5.57 Å². The van der Waals surface area contributed by atoms with E-state index < -0.39 is 16.2 Å². The van der Waals surface area contributed by atoms with E-state index in [1.807, 2.05) is 26.0 Å². The van der Waals surface area contributed by atoms with Crippen LogP contribution in [0.25, 0.3) is 0 Å². The Morgan fingerprint density at radius 1 is 1.00 bits per heavy atom. The minimum atomic E-state index is -0.669. The van der Waals surface area contributed by atoms with Gasteiger partial charge in [-0.15, -0.1) is 0 Å². The topological polar surface area (TPSA) is 75.0 Å². The number of carbonyl (C=O) groups is 3. The van der Waals surface area contributed by atoms with Crippen molar-refractivity contribution in [1.29, 1.82) is 5.26 Å². The molecule has 0 aliphatic heterocycles. The SMILES string of the molecule is CC1(C)CCC2(C(=O)Cl)CC[C@]3(C)C(C(=O)C=C4C5(C)C=C(C#N)C(=O)C(C)(C)C5CCC43C)C2C1. The van der Waals surface area contributed by atoms with Gasteiger partial charge in [0.25, 0.3) is 0 Å². The van der Waals surface area contributed by atoms with E-state index in [-0.39, 0.29) is 56.4 Å². The van der Waals surface area contributed by atoms with Crippen LogP contribution in [0.15, 0.2) is 23.3 Å². The quantitative estimate of drug-likeness (QED) is 0.357. The minimum absolute atomic E-state index is 0.0302. The molecule has 0 bridgehead atoms. The number of halogens is 1. The third-order valence-corrected chi connectivity index (χ3v) is 12.6. The van der Waals surface area contributed by atoms with Crippen molar-refractivity contribution in [3.8, 4) is 6.07 Å². The predicted octanol–water partition coefficient (Wildman–Crippen LogP) is 6.97. The molecule has 0 amide bonds.